The van der Waals surface area contributed by atoms with Crippen molar-refractivity contribution in [1.29, 1.82) is 0 Å². The van der Waals surface area contributed by atoms with Crippen LogP contribution in [0.3, 0.4) is 0 Å². The van der Waals surface area contributed by atoms with Crippen LogP contribution in [0.5, 0.6) is 5.75 Å². The van der Waals surface area contributed by atoms with Gasteiger partial charge in [0.25, 0.3) is 0 Å². The topological polar surface area (TPSA) is 113 Å². The quantitative estimate of drug-likeness (QED) is 0.502. The molecule has 0 spiro atoms. The number of hydrogen-bond acceptors (Lipinski definition) is 6. The van der Waals surface area contributed by atoms with E-state index in [0.717, 1.165) is 25.3 Å². The SMILES string of the molecule is COc1ccc(NC(=O)C2CCN(S(=O)(=O)Cc3c(F)cccc3Cl)CC2)cc1S(=O)(=O)N1CCCCC1. The van der Waals surface area contributed by atoms with E-state index < -0.39 is 37.5 Å². The van der Waals surface area contributed by atoms with E-state index in [1.807, 2.05) is 0 Å². The van der Waals surface area contributed by atoms with E-state index in [2.05, 4.69) is 5.32 Å². The van der Waals surface area contributed by atoms with E-state index >= 15 is 0 Å². The third-order valence-electron chi connectivity index (χ3n) is 6.97. The molecule has 0 aliphatic carbocycles. The van der Waals surface area contributed by atoms with Crippen molar-refractivity contribution in [1.82, 2.24) is 8.61 Å². The second kappa shape index (κ2) is 11.9. The molecule has 0 atom stereocenters. The molecule has 2 heterocycles. The van der Waals surface area contributed by atoms with Gasteiger partial charge < -0.3 is 10.1 Å². The summed E-state index contributed by atoms with van der Waals surface area (Å²) in [6.45, 7) is 1.08. The number of carbonyl (C=O) groups excluding carboxylic acids is 1. The van der Waals surface area contributed by atoms with Gasteiger partial charge in [0, 0.05) is 48.4 Å². The summed E-state index contributed by atoms with van der Waals surface area (Å²) in [5, 5.41) is 2.82. The lowest BCUT2D eigenvalue weighted by atomic mass is 9.97. The average molecular weight is 588 g/mol. The molecule has 0 saturated carbocycles. The van der Waals surface area contributed by atoms with Crippen molar-refractivity contribution in [3.8, 4) is 5.75 Å². The zero-order valence-corrected chi connectivity index (χ0v) is 23.4. The number of nitrogens with one attached hydrogen (secondary N) is 1. The van der Waals surface area contributed by atoms with Gasteiger partial charge in [-0.15, -0.1) is 0 Å². The Bertz CT molecular complexity index is 1370. The molecule has 2 aliphatic heterocycles. The number of anilines is 1. The number of amides is 1. The van der Waals surface area contributed by atoms with Crippen molar-refractivity contribution in [2.45, 2.75) is 42.8 Å². The summed E-state index contributed by atoms with van der Waals surface area (Å²) in [5.74, 6) is -1.85. The molecule has 4 rings (SSSR count). The second-order valence-electron chi connectivity index (χ2n) is 9.45. The molecule has 1 amide bonds. The Morgan fingerprint density at radius 2 is 1.71 bits per heavy atom. The lowest BCUT2D eigenvalue weighted by Gasteiger charge is -2.30. The van der Waals surface area contributed by atoms with Gasteiger partial charge in [0.05, 0.1) is 12.9 Å². The maximum atomic E-state index is 14.1. The fraction of sp³-hybridized carbons (Fsp3) is 0.480. The van der Waals surface area contributed by atoms with E-state index in [1.165, 1.54) is 40.0 Å². The minimum atomic E-state index is -3.84. The number of piperidine rings is 2. The Hall–Kier alpha value is -2.25. The first kappa shape index (κ1) is 28.8. The minimum Gasteiger partial charge on any atom is -0.495 e. The number of ether oxygens (including phenoxy) is 1. The Labute approximate surface area is 228 Å². The molecule has 2 aromatic rings. The van der Waals surface area contributed by atoms with Crippen LogP contribution < -0.4 is 10.1 Å². The number of methoxy groups -OCH3 is 1. The standard InChI is InChI=1S/C25H31ClFN3O6S2/c1-36-23-9-8-19(16-24(23)38(34,35)30-12-3-2-4-13-30)28-25(31)18-10-14-29(15-11-18)37(32,33)17-20-21(26)6-5-7-22(20)27/h5-9,16,18H,2-4,10-15,17H2,1H3,(H,28,31). The van der Waals surface area contributed by atoms with Gasteiger partial charge in [0.15, 0.2) is 0 Å². The number of hydrogen-bond donors (Lipinski definition) is 1. The van der Waals surface area contributed by atoms with E-state index in [4.69, 9.17) is 16.3 Å². The van der Waals surface area contributed by atoms with Crippen LogP contribution >= 0.6 is 11.6 Å². The molecule has 2 aromatic carbocycles. The molecule has 0 bridgehead atoms. The zero-order valence-electron chi connectivity index (χ0n) is 21.0. The van der Waals surface area contributed by atoms with Crippen LogP contribution in [0.1, 0.15) is 37.7 Å². The lowest BCUT2D eigenvalue weighted by Crippen LogP contribution is -2.42. The van der Waals surface area contributed by atoms with Gasteiger partial charge in [0.2, 0.25) is 26.0 Å². The highest BCUT2D eigenvalue weighted by molar-refractivity contribution is 7.89. The van der Waals surface area contributed by atoms with Gasteiger partial charge in [-0.3, -0.25) is 4.79 Å². The molecule has 2 saturated heterocycles. The monoisotopic (exact) mass is 587 g/mol. The summed E-state index contributed by atoms with van der Waals surface area (Å²) in [6.07, 6.45) is 3.10. The van der Waals surface area contributed by atoms with Crippen molar-refractivity contribution < 1.29 is 30.8 Å². The Morgan fingerprint density at radius 3 is 2.34 bits per heavy atom. The fourth-order valence-electron chi connectivity index (χ4n) is 4.78. The van der Waals surface area contributed by atoms with Crippen LogP contribution in [0.2, 0.25) is 5.02 Å². The first-order valence-electron chi connectivity index (χ1n) is 12.4. The maximum absolute atomic E-state index is 14.1. The number of sulfonamides is 2. The number of benzene rings is 2. The van der Waals surface area contributed by atoms with E-state index in [9.17, 15) is 26.0 Å². The van der Waals surface area contributed by atoms with Crippen LogP contribution in [-0.4, -0.2) is 64.6 Å². The largest absolute Gasteiger partial charge is 0.495 e. The highest BCUT2D eigenvalue weighted by Crippen LogP contribution is 2.32. The highest BCUT2D eigenvalue weighted by atomic mass is 35.5. The van der Waals surface area contributed by atoms with E-state index in [0.29, 0.717) is 18.8 Å². The van der Waals surface area contributed by atoms with Crippen LogP contribution in [0.25, 0.3) is 0 Å². The van der Waals surface area contributed by atoms with Gasteiger partial charge in [-0.1, -0.05) is 24.1 Å². The van der Waals surface area contributed by atoms with Crippen molar-refractivity contribution in [2.24, 2.45) is 5.92 Å². The minimum absolute atomic E-state index is 0.00702. The average Bonchev–Trinajstić information content (AvgIpc) is 2.91. The Kier molecular flexibility index (Phi) is 8.98. The molecule has 0 unspecified atom stereocenters. The molecule has 0 aromatic heterocycles. The van der Waals surface area contributed by atoms with Gasteiger partial charge in [-0.05, 0) is 56.0 Å². The summed E-state index contributed by atoms with van der Waals surface area (Å²) in [5.41, 5.74) is 0.236. The molecule has 2 fully saturated rings. The molecular weight excluding hydrogens is 557 g/mol. The van der Waals surface area contributed by atoms with Crippen molar-refractivity contribution >= 4 is 43.2 Å². The predicted molar refractivity (Wildman–Crippen MR) is 143 cm³/mol. The highest BCUT2D eigenvalue weighted by Gasteiger charge is 2.33. The molecule has 38 heavy (non-hydrogen) atoms. The first-order chi connectivity index (χ1) is 18.0. The first-order valence-corrected chi connectivity index (χ1v) is 15.9. The summed E-state index contributed by atoms with van der Waals surface area (Å²) >= 11 is 5.99. The van der Waals surface area contributed by atoms with Crippen molar-refractivity contribution in [3.63, 3.8) is 0 Å². The summed E-state index contributed by atoms with van der Waals surface area (Å²) in [7, 11) is -6.24. The van der Waals surface area contributed by atoms with E-state index in [1.54, 1.807) is 6.07 Å². The maximum Gasteiger partial charge on any atom is 0.246 e. The van der Waals surface area contributed by atoms with Crippen LogP contribution in [-0.2, 0) is 30.6 Å². The number of nitrogens with zero attached hydrogens (tertiary/aromatic N) is 2. The normalized spacial score (nSPS) is 18.3. The van der Waals surface area contributed by atoms with E-state index in [-0.39, 0.29) is 53.1 Å². The summed E-state index contributed by atoms with van der Waals surface area (Å²) in [4.78, 5) is 13.0. The summed E-state index contributed by atoms with van der Waals surface area (Å²) in [6, 6.07) is 8.49. The van der Waals surface area contributed by atoms with Crippen LogP contribution in [0, 0.1) is 11.7 Å². The van der Waals surface area contributed by atoms with Crippen molar-refractivity contribution in [3.05, 3.63) is 52.8 Å². The molecular formula is C25H31ClFN3O6S2. The molecule has 9 nitrogen and oxygen atoms in total. The third-order valence-corrected chi connectivity index (χ3v) is 11.0. The van der Waals surface area contributed by atoms with Gasteiger partial charge in [0.1, 0.15) is 16.5 Å². The van der Waals surface area contributed by atoms with Gasteiger partial charge in [-0.25, -0.2) is 25.5 Å². The molecule has 208 valence electrons. The van der Waals surface area contributed by atoms with Gasteiger partial charge in [-0.2, -0.15) is 4.31 Å². The number of rotatable bonds is 8. The third kappa shape index (κ3) is 6.31. The number of carbonyl (C=O) groups is 1. The smallest absolute Gasteiger partial charge is 0.246 e. The van der Waals surface area contributed by atoms with Crippen LogP contribution in [0.15, 0.2) is 41.3 Å². The summed E-state index contributed by atoms with van der Waals surface area (Å²) < 4.78 is 74.3. The van der Waals surface area contributed by atoms with Crippen molar-refractivity contribution in [2.75, 3.05) is 38.6 Å². The molecule has 1 N–H and O–H groups in total. The molecule has 0 radical (unpaired) electrons. The second-order valence-corrected chi connectivity index (χ2v) is 13.7. The fourth-order valence-corrected chi connectivity index (χ4v) is 8.40. The van der Waals surface area contributed by atoms with Crippen LogP contribution in [0.4, 0.5) is 10.1 Å². The molecule has 13 heteroatoms. The zero-order chi connectivity index (χ0) is 27.5. The Morgan fingerprint density at radius 1 is 1.03 bits per heavy atom. The molecule has 2 aliphatic rings. The Balaban J connectivity index is 1.41. The predicted octanol–water partition coefficient (Wildman–Crippen LogP) is 3.84. The number of halogens is 2. The lowest BCUT2D eigenvalue weighted by molar-refractivity contribution is -0.120. The van der Waals surface area contributed by atoms with Gasteiger partial charge >= 0.3 is 0 Å².